The van der Waals surface area contributed by atoms with Gasteiger partial charge in [-0.25, -0.2) is 0 Å². The molecule has 0 atom stereocenters. The summed E-state index contributed by atoms with van der Waals surface area (Å²) in [5, 5.41) is 0.293. The number of halogens is 5. The molecule has 2 rings (SSSR count). The van der Waals surface area contributed by atoms with Crippen molar-refractivity contribution in [3.05, 3.63) is 34.1 Å². The van der Waals surface area contributed by atoms with E-state index in [2.05, 4.69) is 14.7 Å². The highest BCUT2D eigenvalue weighted by molar-refractivity contribution is 6.36. The third-order valence-electron chi connectivity index (χ3n) is 1.84. The van der Waals surface area contributed by atoms with E-state index in [4.69, 9.17) is 34.8 Å². The SMILES string of the molecule is FC(F)(Cl)c1nc(-c2ccc(Cl)cc2Cl)no1. The van der Waals surface area contributed by atoms with Gasteiger partial charge in [-0.3, -0.25) is 0 Å². The van der Waals surface area contributed by atoms with Crippen LogP contribution in [0, 0.1) is 0 Å². The van der Waals surface area contributed by atoms with Crippen LogP contribution in [0.25, 0.3) is 11.4 Å². The van der Waals surface area contributed by atoms with Crippen molar-refractivity contribution in [2.24, 2.45) is 0 Å². The van der Waals surface area contributed by atoms with Crippen molar-refractivity contribution in [2.45, 2.75) is 5.38 Å². The molecule has 0 N–H and O–H groups in total. The zero-order valence-corrected chi connectivity index (χ0v) is 10.2. The van der Waals surface area contributed by atoms with Gasteiger partial charge in [0.05, 0.1) is 5.02 Å². The van der Waals surface area contributed by atoms with E-state index in [0.717, 1.165) is 0 Å². The summed E-state index contributed by atoms with van der Waals surface area (Å²) in [6.45, 7) is 0. The molecule has 90 valence electrons. The first-order valence-electron chi connectivity index (χ1n) is 4.24. The minimum absolute atomic E-state index is 0.0815. The van der Waals surface area contributed by atoms with Crippen LogP contribution in [0.15, 0.2) is 22.7 Å². The van der Waals surface area contributed by atoms with Gasteiger partial charge < -0.3 is 4.52 Å². The number of hydrogen-bond donors (Lipinski definition) is 0. The Balaban J connectivity index is 2.44. The maximum atomic E-state index is 12.7. The molecule has 17 heavy (non-hydrogen) atoms. The summed E-state index contributed by atoms with van der Waals surface area (Å²) in [5.41, 5.74) is 0.326. The standard InChI is InChI=1S/C9H3Cl3F2N2O/c10-4-1-2-5(6(11)3-4)7-15-8(17-16-7)9(12,13)14/h1-3H. The van der Waals surface area contributed by atoms with Gasteiger partial charge >= 0.3 is 11.3 Å². The van der Waals surface area contributed by atoms with Crippen LogP contribution in [0.1, 0.15) is 5.89 Å². The first-order chi connectivity index (χ1) is 7.88. The summed E-state index contributed by atoms with van der Waals surface area (Å²) in [7, 11) is 0. The Morgan fingerprint density at radius 3 is 2.47 bits per heavy atom. The number of alkyl halides is 3. The van der Waals surface area contributed by atoms with Crippen molar-refractivity contribution >= 4 is 34.8 Å². The van der Waals surface area contributed by atoms with Crippen LogP contribution in [0.2, 0.25) is 10.0 Å². The van der Waals surface area contributed by atoms with Crippen molar-refractivity contribution < 1.29 is 13.3 Å². The largest absolute Gasteiger partial charge is 0.400 e. The van der Waals surface area contributed by atoms with Crippen LogP contribution in [0.5, 0.6) is 0 Å². The normalized spacial score (nSPS) is 11.8. The van der Waals surface area contributed by atoms with E-state index < -0.39 is 11.3 Å². The number of hydrogen-bond acceptors (Lipinski definition) is 3. The molecule has 0 aliphatic heterocycles. The lowest BCUT2D eigenvalue weighted by molar-refractivity contribution is 0.0551. The monoisotopic (exact) mass is 298 g/mol. The predicted molar refractivity (Wildman–Crippen MR) is 59.5 cm³/mol. The Kier molecular flexibility index (Phi) is 3.25. The second-order valence-corrected chi connectivity index (χ2v) is 4.36. The summed E-state index contributed by atoms with van der Waals surface area (Å²) < 4.78 is 29.7. The molecule has 0 aliphatic carbocycles. The van der Waals surface area contributed by atoms with Crippen LogP contribution < -0.4 is 0 Å². The molecule has 0 spiro atoms. The van der Waals surface area contributed by atoms with Gasteiger partial charge in [0, 0.05) is 10.6 Å². The lowest BCUT2D eigenvalue weighted by Crippen LogP contribution is -2.03. The second-order valence-electron chi connectivity index (χ2n) is 3.05. The van der Waals surface area contributed by atoms with Crippen LogP contribution in [0.3, 0.4) is 0 Å². The van der Waals surface area contributed by atoms with Crippen molar-refractivity contribution in [1.82, 2.24) is 10.1 Å². The molecular formula is C9H3Cl3F2N2O. The van der Waals surface area contributed by atoms with Crippen LogP contribution >= 0.6 is 34.8 Å². The molecule has 2 aromatic rings. The van der Waals surface area contributed by atoms with Crippen LogP contribution in [-0.4, -0.2) is 10.1 Å². The van der Waals surface area contributed by atoms with E-state index in [1.165, 1.54) is 18.2 Å². The van der Waals surface area contributed by atoms with Crippen molar-refractivity contribution in [3.63, 3.8) is 0 Å². The zero-order chi connectivity index (χ0) is 12.6. The maximum absolute atomic E-state index is 12.7. The number of benzene rings is 1. The highest BCUT2D eigenvalue weighted by Gasteiger charge is 2.35. The van der Waals surface area contributed by atoms with Crippen LogP contribution in [0.4, 0.5) is 8.78 Å². The molecule has 8 heteroatoms. The number of rotatable bonds is 2. The average Bonchev–Trinajstić information content (AvgIpc) is 2.65. The highest BCUT2D eigenvalue weighted by Crippen LogP contribution is 2.34. The first-order valence-corrected chi connectivity index (χ1v) is 5.37. The number of nitrogens with zero attached hydrogens (tertiary/aromatic N) is 2. The van der Waals surface area contributed by atoms with Gasteiger partial charge in [0.25, 0.3) is 0 Å². The molecule has 1 aromatic heterocycles. The van der Waals surface area contributed by atoms with E-state index in [0.29, 0.717) is 10.6 Å². The fraction of sp³-hybridized carbons (Fsp3) is 0.111. The lowest BCUT2D eigenvalue weighted by atomic mass is 10.2. The fourth-order valence-electron chi connectivity index (χ4n) is 1.12. The summed E-state index contributed by atoms with van der Waals surface area (Å²) >= 11 is 16.3. The van der Waals surface area contributed by atoms with E-state index in [9.17, 15) is 8.78 Å². The van der Waals surface area contributed by atoms with Crippen molar-refractivity contribution in [1.29, 1.82) is 0 Å². The molecule has 0 amide bonds. The Labute approximate surface area is 109 Å². The smallest absolute Gasteiger partial charge is 0.331 e. The molecular weight excluding hydrogens is 296 g/mol. The van der Waals surface area contributed by atoms with Gasteiger partial charge in [0.15, 0.2) is 0 Å². The van der Waals surface area contributed by atoms with Gasteiger partial charge in [-0.2, -0.15) is 13.8 Å². The Bertz CT molecular complexity index is 553. The molecule has 0 saturated heterocycles. The zero-order valence-electron chi connectivity index (χ0n) is 7.92. The summed E-state index contributed by atoms with van der Waals surface area (Å²) in [6.07, 6.45) is 0. The molecule has 3 nitrogen and oxygen atoms in total. The molecule has 0 radical (unpaired) electrons. The molecule has 0 bridgehead atoms. The average molecular weight is 299 g/mol. The fourth-order valence-corrected chi connectivity index (χ4v) is 1.69. The second kappa shape index (κ2) is 4.40. The van der Waals surface area contributed by atoms with Crippen molar-refractivity contribution in [3.8, 4) is 11.4 Å². The van der Waals surface area contributed by atoms with Gasteiger partial charge in [0.1, 0.15) is 0 Å². The third kappa shape index (κ3) is 2.68. The quantitative estimate of drug-likeness (QED) is 0.775. The topological polar surface area (TPSA) is 38.9 Å². The first kappa shape index (κ1) is 12.5. The third-order valence-corrected chi connectivity index (χ3v) is 2.55. The molecule has 1 aromatic carbocycles. The van der Waals surface area contributed by atoms with Crippen LogP contribution in [-0.2, 0) is 5.38 Å². The molecule has 0 fully saturated rings. The van der Waals surface area contributed by atoms with E-state index in [1.807, 2.05) is 0 Å². The molecule has 0 saturated carbocycles. The lowest BCUT2D eigenvalue weighted by Gasteiger charge is -1.99. The molecule has 1 heterocycles. The predicted octanol–water partition coefficient (Wildman–Crippen LogP) is 4.33. The number of aromatic nitrogens is 2. The Morgan fingerprint density at radius 1 is 1.24 bits per heavy atom. The minimum atomic E-state index is -3.70. The summed E-state index contributed by atoms with van der Waals surface area (Å²) in [6, 6.07) is 4.45. The summed E-state index contributed by atoms with van der Waals surface area (Å²) in [5.74, 6) is -1.07. The minimum Gasteiger partial charge on any atom is -0.331 e. The van der Waals surface area contributed by atoms with Gasteiger partial charge in [-0.1, -0.05) is 28.4 Å². The Morgan fingerprint density at radius 2 is 1.94 bits per heavy atom. The van der Waals surface area contributed by atoms with Gasteiger partial charge in [-0.05, 0) is 29.8 Å². The van der Waals surface area contributed by atoms with Gasteiger partial charge in [0.2, 0.25) is 5.82 Å². The molecule has 0 unspecified atom stereocenters. The van der Waals surface area contributed by atoms with E-state index in [-0.39, 0.29) is 10.8 Å². The summed E-state index contributed by atoms with van der Waals surface area (Å²) in [4.78, 5) is 3.46. The Hall–Kier alpha value is -0.910. The molecule has 0 aliphatic rings. The van der Waals surface area contributed by atoms with E-state index in [1.54, 1.807) is 0 Å². The highest BCUT2D eigenvalue weighted by atomic mass is 35.5. The van der Waals surface area contributed by atoms with Crippen molar-refractivity contribution in [2.75, 3.05) is 0 Å². The maximum Gasteiger partial charge on any atom is 0.400 e. The van der Waals surface area contributed by atoms with E-state index >= 15 is 0 Å². The van der Waals surface area contributed by atoms with Gasteiger partial charge in [-0.15, -0.1) is 0 Å².